The number of benzene rings is 1. The van der Waals surface area contributed by atoms with Crippen LogP contribution < -0.4 is 10.5 Å². The lowest BCUT2D eigenvalue weighted by Gasteiger charge is -2.11. The number of hydrogen-bond acceptors (Lipinski definition) is 4. The molecule has 0 saturated carbocycles. The molecule has 1 heterocycles. The van der Waals surface area contributed by atoms with Crippen molar-refractivity contribution in [2.75, 3.05) is 4.72 Å². The number of anilines is 1. The van der Waals surface area contributed by atoms with E-state index in [2.05, 4.69) is 9.71 Å². The molecular weight excluding hydrogens is 314 g/mol. The van der Waals surface area contributed by atoms with Crippen molar-refractivity contribution in [1.82, 2.24) is 4.98 Å². The Kier molecular flexibility index (Phi) is 4.15. The fourth-order valence-corrected chi connectivity index (χ4v) is 3.09. The number of aryl methyl sites for hydroxylation is 1. The Balaban J connectivity index is 2.36. The predicted octanol–water partition coefficient (Wildman–Crippen LogP) is 1.94. The Labute approximate surface area is 127 Å². The van der Waals surface area contributed by atoms with Gasteiger partial charge in [-0.1, -0.05) is 11.6 Å². The van der Waals surface area contributed by atoms with Gasteiger partial charge in [0.05, 0.1) is 10.6 Å². The standard InChI is InChI=1S/C13H12ClN3O3S/c1-8-6-7-16-12(14)11(8)17-21(19,20)10-4-2-9(3-5-10)13(15)18/h2-7,17H,1H3,(H2,15,18). The second-order valence-corrected chi connectivity index (χ2v) is 6.33. The minimum absolute atomic E-state index is 0.00757. The molecular formula is C13H12ClN3O3S. The summed E-state index contributed by atoms with van der Waals surface area (Å²) in [5, 5.41) is 0.0623. The third-order valence-electron chi connectivity index (χ3n) is 2.80. The van der Waals surface area contributed by atoms with Crippen LogP contribution >= 0.6 is 11.6 Å². The van der Waals surface area contributed by atoms with Crippen molar-refractivity contribution in [2.24, 2.45) is 5.73 Å². The van der Waals surface area contributed by atoms with E-state index in [-0.39, 0.29) is 21.3 Å². The monoisotopic (exact) mass is 325 g/mol. The zero-order valence-corrected chi connectivity index (χ0v) is 12.6. The molecule has 1 aromatic carbocycles. The minimum atomic E-state index is -3.83. The van der Waals surface area contributed by atoms with E-state index in [1.165, 1.54) is 30.5 Å². The molecule has 1 amide bonds. The van der Waals surface area contributed by atoms with E-state index in [0.717, 1.165) is 0 Å². The number of sulfonamides is 1. The van der Waals surface area contributed by atoms with E-state index >= 15 is 0 Å². The largest absolute Gasteiger partial charge is 0.366 e. The maximum atomic E-state index is 12.3. The number of amides is 1. The molecule has 0 radical (unpaired) electrons. The zero-order chi connectivity index (χ0) is 15.6. The lowest BCUT2D eigenvalue weighted by atomic mass is 10.2. The van der Waals surface area contributed by atoms with E-state index in [1.807, 2.05) is 0 Å². The molecule has 8 heteroatoms. The number of nitrogens with two attached hydrogens (primary N) is 1. The fourth-order valence-electron chi connectivity index (χ4n) is 1.64. The average Bonchev–Trinajstić information content (AvgIpc) is 2.43. The molecule has 0 aliphatic heterocycles. The number of carbonyl (C=O) groups is 1. The van der Waals surface area contributed by atoms with Crippen molar-refractivity contribution in [1.29, 1.82) is 0 Å². The summed E-state index contributed by atoms with van der Waals surface area (Å²) >= 11 is 5.89. The Morgan fingerprint density at radius 3 is 2.38 bits per heavy atom. The van der Waals surface area contributed by atoms with Crippen molar-refractivity contribution in [3.63, 3.8) is 0 Å². The number of rotatable bonds is 4. The fraction of sp³-hybridized carbons (Fsp3) is 0.0769. The van der Waals surface area contributed by atoms with Crippen LogP contribution in [0.5, 0.6) is 0 Å². The van der Waals surface area contributed by atoms with Crippen LogP contribution in [0.15, 0.2) is 41.4 Å². The number of nitrogens with one attached hydrogen (secondary N) is 1. The van der Waals surface area contributed by atoms with Crippen LogP contribution in [0.2, 0.25) is 5.15 Å². The Bertz CT molecular complexity index is 769. The van der Waals surface area contributed by atoms with Crippen LogP contribution in [-0.2, 0) is 10.0 Å². The highest BCUT2D eigenvalue weighted by molar-refractivity contribution is 7.92. The van der Waals surface area contributed by atoms with Gasteiger partial charge in [-0.2, -0.15) is 0 Å². The molecule has 0 unspecified atom stereocenters. The van der Waals surface area contributed by atoms with Gasteiger partial charge in [-0.15, -0.1) is 0 Å². The maximum Gasteiger partial charge on any atom is 0.262 e. The molecule has 0 aliphatic rings. The molecule has 0 spiro atoms. The van der Waals surface area contributed by atoms with Gasteiger partial charge in [-0.25, -0.2) is 13.4 Å². The molecule has 21 heavy (non-hydrogen) atoms. The van der Waals surface area contributed by atoms with Crippen molar-refractivity contribution in [3.05, 3.63) is 52.8 Å². The Hall–Kier alpha value is -2.12. The normalized spacial score (nSPS) is 11.1. The molecule has 0 bridgehead atoms. The summed E-state index contributed by atoms with van der Waals surface area (Å²) in [6, 6.07) is 6.91. The second-order valence-electron chi connectivity index (χ2n) is 4.29. The highest BCUT2D eigenvalue weighted by Gasteiger charge is 2.17. The first kappa shape index (κ1) is 15.3. The van der Waals surface area contributed by atoms with E-state index in [4.69, 9.17) is 17.3 Å². The molecule has 6 nitrogen and oxygen atoms in total. The van der Waals surface area contributed by atoms with Gasteiger partial charge in [-0.3, -0.25) is 9.52 Å². The van der Waals surface area contributed by atoms with Crippen LogP contribution in [0.25, 0.3) is 0 Å². The smallest absolute Gasteiger partial charge is 0.262 e. The van der Waals surface area contributed by atoms with Gasteiger partial charge in [0.1, 0.15) is 0 Å². The van der Waals surface area contributed by atoms with Crippen LogP contribution in [0.1, 0.15) is 15.9 Å². The summed E-state index contributed by atoms with van der Waals surface area (Å²) in [5.74, 6) is -0.627. The topological polar surface area (TPSA) is 102 Å². The van der Waals surface area contributed by atoms with E-state index < -0.39 is 15.9 Å². The van der Waals surface area contributed by atoms with Crippen LogP contribution in [0, 0.1) is 6.92 Å². The second kappa shape index (κ2) is 5.71. The van der Waals surface area contributed by atoms with Crippen LogP contribution in [-0.4, -0.2) is 19.3 Å². The third-order valence-corrected chi connectivity index (χ3v) is 4.45. The summed E-state index contributed by atoms with van der Waals surface area (Å²) in [6.45, 7) is 1.71. The number of hydrogen-bond donors (Lipinski definition) is 2. The number of nitrogens with zero attached hydrogens (tertiary/aromatic N) is 1. The van der Waals surface area contributed by atoms with Gasteiger partial charge < -0.3 is 5.73 Å². The molecule has 0 aliphatic carbocycles. The Morgan fingerprint density at radius 1 is 1.24 bits per heavy atom. The van der Waals surface area contributed by atoms with E-state index in [0.29, 0.717) is 5.56 Å². The molecule has 1 aromatic heterocycles. The first-order valence-corrected chi connectivity index (χ1v) is 7.71. The lowest BCUT2D eigenvalue weighted by molar-refractivity contribution is 0.1000. The summed E-state index contributed by atoms with van der Waals surface area (Å²) in [4.78, 5) is 14.8. The van der Waals surface area contributed by atoms with Crippen molar-refractivity contribution >= 4 is 33.2 Å². The van der Waals surface area contributed by atoms with Crippen LogP contribution in [0.4, 0.5) is 5.69 Å². The highest BCUT2D eigenvalue weighted by Crippen LogP contribution is 2.25. The third kappa shape index (κ3) is 3.32. The van der Waals surface area contributed by atoms with Gasteiger partial charge >= 0.3 is 0 Å². The predicted molar refractivity (Wildman–Crippen MR) is 79.8 cm³/mol. The highest BCUT2D eigenvalue weighted by atomic mass is 35.5. The van der Waals surface area contributed by atoms with E-state index in [9.17, 15) is 13.2 Å². The molecule has 110 valence electrons. The molecule has 3 N–H and O–H groups in total. The maximum absolute atomic E-state index is 12.3. The quantitative estimate of drug-likeness (QED) is 0.838. The molecule has 0 atom stereocenters. The van der Waals surface area contributed by atoms with Crippen LogP contribution in [0.3, 0.4) is 0 Å². The minimum Gasteiger partial charge on any atom is -0.366 e. The number of aromatic nitrogens is 1. The van der Waals surface area contributed by atoms with Crippen molar-refractivity contribution in [2.45, 2.75) is 11.8 Å². The SMILES string of the molecule is Cc1ccnc(Cl)c1NS(=O)(=O)c1ccc(C(N)=O)cc1. The average molecular weight is 326 g/mol. The molecule has 0 fully saturated rings. The van der Waals surface area contributed by atoms with Crippen molar-refractivity contribution in [3.8, 4) is 0 Å². The molecule has 2 aromatic rings. The van der Waals surface area contributed by atoms with E-state index in [1.54, 1.807) is 13.0 Å². The van der Waals surface area contributed by atoms with Gasteiger partial charge in [0.2, 0.25) is 5.91 Å². The summed E-state index contributed by atoms with van der Waals surface area (Å²) in [7, 11) is -3.83. The summed E-state index contributed by atoms with van der Waals surface area (Å²) in [5.41, 5.74) is 6.20. The molecule has 0 saturated heterocycles. The Morgan fingerprint density at radius 2 is 1.86 bits per heavy atom. The summed E-state index contributed by atoms with van der Waals surface area (Å²) < 4.78 is 26.9. The van der Waals surface area contributed by atoms with Crippen molar-refractivity contribution < 1.29 is 13.2 Å². The molecule has 2 rings (SSSR count). The first-order valence-electron chi connectivity index (χ1n) is 5.85. The first-order chi connectivity index (χ1) is 9.81. The number of carbonyl (C=O) groups excluding carboxylic acids is 1. The van der Waals surface area contributed by atoms with Gasteiger partial charge in [0.15, 0.2) is 5.15 Å². The van der Waals surface area contributed by atoms with Gasteiger partial charge in [0, 0.05) is 11.8 Å². The number of pyridine rings is 1. The van der Waals surface area contributed by atoms with Gasteiger partial charge in [0.25, 0.3) is 10.0 Å². The number of primary amides is 1. The van der Waals surface area contributed by atoms with Gasteiger partial charge in [-0.05, 0) is 42.8 Å². The zero-order valence-electron chi connectivity index (χ0n) is 11.0. The number of halogens is 1. The summed E-state index contributed by atoms with van der Waals surface area (Å²) in [6.07, 6.45) is 1.48. The lowest BCUT2D eigenvalue weighted by Crippen LogP contribution is -2.15.